The van der Waals surface area contributed by atoms with E-state index in [9.17, 15) is 9.18 Å². The quantitative estimate of drug-likeness (QED) is 0.746. The van der Waals surface area contributed by atoms with Crippen molar-refractivity contribution in [2.75, 3.05) is 5.32 Å². The fourth-order valence-corrected chi connectivity index (χ4v) is 3.25. The molecule has 0 unspecified atom stereocenters. The molecule has 1 N–H and O–H groups in total. The van der Waals surface area contributed by atoms with Crippen molar-refractivity contribution >= 4 is 11.6 Å². The van der Waals surface area contributed by atoms with Gasteiger partial charge in [-0.2, -0.15) is 5.10 Å². The molecule has 140 valence electrons. The predicted octanol–water partition coefficient (Wildman–Crippen LogP) is 2.43. The summed E-state index contributed by atoms with van der Waals surface area (Å²) in [5.41, 5.74) is 0.880. The number of aromatic nitrogens is 6. The Bertz CT molecular complexity index is 935. The summed E-state index contributed by atoms with van der Waals surface area (Å²) in [6.45, 7) is 1.21. The maximum absolute atomic E-state index is 14.5. The highest BCUT2D eigenvalue weighted by Gasteiger charge is 2.19. The molecule has 2 aromatic heterocycles. The fourth-order valence-electron chi connectivity index (χ4n) is 3.25. The molecule has 0 radical (unpaired) electrons. The van der Waals surface area contributed by atoms with Crippen LogP contribution in [-0.2, 0) is 24.3 Å². The van der Waals surface area contributed by atoms with Crippen molar-refractivity contribution in [1.82, 2.24) is 29.5 Å². The summed E-state index contributed by atoms with van der Waals surface area (Å²) in [4.78, 5) is 16.0. The number of nitrogens with zero attached hydrogens (tertiary/aromatic N) is 6. The Morgan fingerprint density at radius 1 is 1.22 bits per heavy atom. The highest BCUT2D eigenvalue weighted by molar-refractivity contribution is 5.91. The van der Waals surface area contributed by atoms with Gasteiger partial charge in [0.15, 0.2) is 5.82 Å². The van der Waals surface area contributed by atoms with E-state index in [1.54, 1.807) is 23.1 Å². The number of amides is 1. The molecule has 0 aliphatic carbocycles. The van der Waals surface area contributed by atoms with E-state index in [0.717, 1.165) is 38.1 Å². The second-order valence-corrected chi connectivity index (χ2v) is 6.55. The van der Waals surface area contributed by atoms with Crippen molar-refractivity contribution in [3.05, 3.63) is 42.5 Å². The number of fused-ring (bicyclic) bond motifs is 1. The molecular weight excluding hydrogens is 349 g/mol. The smallest absolute Gasteiger partial charge is 0.226 e. The number of carbonyl (C=O) groups is 1. The van der Waals surface area contributed by atoms with Crippen LogP contribution in [-0.4, -0.2) is 35.4 Å². The van der Waals surface area contributed by atoms with Crippen LogP contribution in [0.25, 0.3) is 11.4 Å². The Morgan fingerprint density at radius 3 is 3.00 bits per heavy atom. The Hall–Kier alpha value is -3.10. The van der Waals surface area contributed by atoms with Gasteiger partial charge in [0.25, 0.3) is 0 Å². The molecule has 0 bridgehead atoms. The predicted molar refractivity (Wildman–Crippen MR) is 96.2 cm³/mol. The van der Waals surface area contributed by atoms with Gasteiger partial charge in [0.05, 0.1) is 12.1 Å². The van der Waals surface area contributed by atoms with Gasteiger partial charge in [-0.05, 0) is 31.0 Å². The van der Waals surface area contributed by atoms with Gasteiger partial charge in [0, 0.05) is 25.1 Å². The lowest BCUT2D eigenvalue weighted by atomic mass is 10.1. The molecule has 3 heterocycles. The summed E-state index contributed by atoms with van der Waals surface area (Å²) in [5, 5.41) is 15.2. The zero-order chi connectivity index (χ0) is 18.6. The summed E-state index contributed by atoms with van der Waals surface area (Å²) in [5.74, 6) is 0.852. The van der Waals surface area contributed by atoms with Gasteiger partial charge in [-0.1, -0.05) is 6.42 Å². The van der Waals surface area contributed by atoms with Crippen molar-refractivity contribution < 1.29 is 9.18 Å². The van der Waals surface area contributed by atoms with Gasteiger partial charge in [-0.25, -0.2) is 9.37 Å². The summed E-state index contributed by atoms with van der Waals surface area (Å²) in [6.07, 6.45) is 7.31. The fraction of sp³-hybridized carbons (Fsp3) is 0.389. The SMILES string of the molecule is O=C(CCn1cncn1)Nc1ccc(F)c(-c2nnc3n2CCCCC3)c1. The molecule has 0 spiro atoms. The second-order valence-electron chi connectivity index (χ2n) is 6.55. The standard InChI is InChI=1S/C18H20FN7O/c19-15-6-5-13(22-17(27)7-9-25-12-20-11-21-25)10-14(15)18-24-23-16-4-2-1-3-8-26(16)18/h5-6,10-12H,1-4,7-9H2,(H,22,27). The molecule has 0 atom stereocenters. The van der Waals surface area contributed by atoms with Gasteiger partial charge < -0.3 is 9.88 Å². The molecule has 1 amide bonds. The first-order valence-corrected chi connectivity index (χ1v) is 9.05. The maximum atomic E-state index is 14.5. The van der Waals surface area contributed by atoms with E-state index < -0.39 is 0 Å². The first kappa shape index (κ1) is 17.3. The monoisotopic (exact) mass is 369 g/mol. The van der Waals surface area contributed by atoms with Crippen LogP contribution in [0.1, 0.15) is 31.5 Å². The van der Waals surface area contributed by atoms with Crippen LogP contribution < -0.4 is 5.32 Å². The molecular formula is C18H20FN7O. The first-order valence-electron chi connectivity index (χ1n) is 9.05. The van der Waals surface area contributed by atoms with Gasteiger partial charge in [0.2, 0.25) is 5.91 Å². The van der Waals surface area contributed by atoms with Gasteiger partial charge in [-0.15, -0.1) is 10.2 Å². The lowest BCUT2D eigenvalue weighted by Gasteiger charge is -2.10. The van der Waals surface area contributed by atoms with Crippen molar-refractivity contribution in [1.29, 1.82) is 0 Å². The number of aryl methyl sites for hydroxylation is 2. The minimum Gasteiger partial charge on any atom is -0.326 e. The summed E-state index contributed by atoms with van der Waals surface area (Å²) in [7, 11) is 0. The van der Waals surface area contributed by atoms with Crippen LogP contribution in [0.5, 0.6) is 0 Å². The minimum absolute atomic E-state index is 0.178. The number of nitrogens with one attached hydrogen (secondary N) is 1. The van der Waals surface area contributed by atoms with Gasteiger partial charge in [0.1, 0.15) is 24.3 Å². The average Bonchev–Trinajstić information content (AvgIpc) is 3.27. The third kappa shape index (κ3) is 3.86. The van der Waals surface area contributed by atoms with Crippen LogP contribution in [0, 0.1) is 5.82 Å². The van der Waals surface area contributed by atoms with Crippen molar-refractivity contribution in [3.8, 4) is 11.4 Å². The van der Waals surface area contributed by atoms with Gasteiger partial charge in [-0.3, -0.25) is 9.48 Å². The van der Waals surface area contributed by atoms with E-state index in [0.29, 0.717) is 23.6 Å². The zero-order valence-corrected chi connectivity index (χ0v) is 14.8. The second kappa shape index (κ2) is 7.65. The first-order chi connectivity index (χ1) is 13.2. The third-order valence-corrected chi connectivity index (χ3v) is 4.64. The van der Waals surface area contributed by atoms with Gasteiger partial charge >= 0.3 is 0 Å². The van der Waals surface area contributed by atoms with E-state index in [1.807, 2.05) is 4.57 Å². The van der Waals surface area contributed by atoms with Crippen LogP contribution in [0.2, 0.25) is 0 Å². The number of benzene rings is 1. The lowest BCUT2D eigenvalue weighted by Crippen LogP contribution is -2.15. The van der Waals surface area contributed by atoms with Crippen molar-refractivity contribution in [3.63, 3.8) is 0 Å². The molecule has 0 fully saturated rings. The molecule has 3 aromatic rings. The summed E-state index contributed by atoms with van der Waals surface area (Å²) >= 11 is 0. The molecule has 1 aliphatic heterocycles. The summed E-state index contributed by atoms with van der Waals surface area (Å²) in [6, 6.07) is 4.51. The van der Waals surface area contributed by atoms with E-state index in [1.165, 1.54) is 12.4 Å². The zero-order valence-electron chi connectivity index (χ0n) is 14.8. The Morgan fingerprint density at radius 2 is 2.15 bits per heavy atom. The largest absolute Gasteiger partial charge is 0.326 e. The normalized spacial score (nSPS) is 13.8. The number of halogens is 1. The Labute approximate surface area is 155 Å². The van der Waals surface area contributed by atoms with E-state index in [-0.39, 0.29) is 18.1 Å². The van der Waals surface area contributed by atoms with Crippen LogP contribution >= 0.6 is 0 Å². The highest BCUT2D eigenvalue weighted by Crippen LogP contribution is 2.27. The van der Waals surface area contributed by atoms with E-state index >= 15 is 0 Å². The van der Waals surface area contributed by atoms with Crippen molar-refractivity contribution in [2.45, 2.75) is 45.2 Å². The molecule has 4 rings (SSSR count). The summed E-state index contributed by atoms with van der Waals surface area (Å²) < 4.78 is 18.0. The Balaban J connectivity index is 1.52. The third-order valence-electron chi connectivity index (χ3n) is 4.64. The molecule has 1 aliphatic rings. The maximum Gasteiger partial charge on any atom is 0.226 e. The van der Waals surface area contributed by atoms with Crippen LogP contribution in [0.15, 0.2) is 30.9 Å². The molecule has 27 heavy (non-hydrogen) atoms. The molecule has 0 saturated carbocycles. The number of hydrogen-bond donors (Lipinski definition) is 1. The molecule has 9 heteroatoms. The molecule has 1 aromatic carbocycles. The molecule has 8 nitrogen and oxygen atoms in total. The van der Waals surface area contributed by atoms with Crippen LogP contribution in [0.4, 0.5) is 10.1 Å². The van der Waals surface area contributed by atoms with Crippen LogP contribution in [0.3, 0.4) is 0 Å². The lowest BCUT2D eigenvalue weighted by molar-refractivity contribution is -0.116. The van der Waals surface area contributed by atoms with E-state index in [4.69, 9.17) is 0 Å². The van der Waals surface area contributed by atoms with E-state index in [2.05, 4.69) is 25.6 Å². The minimum atomic E-state index is -0.380. The number of hydrogen-bond acceptors (Lipinski definition) is 5. The topological polar surface area (TPSA) is 90.5 Å². The highest BCUT2D eigenvalue weighted by atomic mass is 19.1. The number of rotatable bonds is 5. The number of anilines is 1. The Kier molecular flexibility index (Phi) is 4.91. The van der Waals surface area contributed by atoms with Crippen molar-refractivity contribution in [2.24, 2.45) is 0 Å². The average molecular weight is 369 g/mol. The molecule has 0 saturated heterocycles. The number of carbonyl (C=O) groups excluding carboxylic acids is 1.